The Labute approximate surface area is 739 Å². The van der Waals surface area contributed by atoms with Crippen molar-refractivity contribution >= 4 is 131 Å². The molecule has 3 aliphatic rings. The van der Waals surface area contributed by atoms with Gasteiger partial charge in [0.1, 0.15) is 5.60 Å². The average Bonchev–Trinajstić information content (AvgIpc) is 1.52. The van der Waals surface area contributed by atoms with Crippen molar-refractivity contribution in [2.75, 3.05) is 18.6 Å². The number of halogens is 8. The van der Waals surface area contributed by atoms with Crippen LogP contribution in [0.4, 0.5) is 12.9 Å². The molecule has 0 atom stereocenters. The summed E-state index contributed by atoms with van der Waals surface area (Å²) in [5, 5.41) is 16.8. The van der Waals surface area contributed by atoms with Gasteiger partial charge in [0.2, 0.25) is 0 Å². The monoisotopic (exact) mass is 1810 g/mol. The van der Waals surface area contributed by atoms with E-state index in [1.165, 1.54) is 127 Å². The van der Waals surface area contributed by atoms with Gasteiger partial charge in [-0.2, -0.15) is 0 Å². The molecule has 0 bridgehead atoms. The number of aliphatic hydroxyl groups is 1. The van der Waals surface area contributed by atoms with Gasteiger partial charge in [0.25, 0.3) is 0 Å². The van der Waals surface area contributed by atoms with Crippen LogP contribution in [-0.4, -0.2) is 48.8 Å². The van der Waals surface area contributed by atoms with E-state index in [0.29, 0.717) is 0 Å². The summed E-state index contributed by atoms with van der Waals surface area (Å²) in [5.74, 6) is 0. The highest BCUT2D eigenvalue weighted by molar-refractivity contribution is 9.11. The van der Waals surface area contributed by atoms with Crippen molar-refractivity contribution in [1.29, 1.82) is 0 Å². The van der Waals surface area contributed by atoms with E-state index in [-0.39, 0.29) is 24.6 Å². The Morgan fingerprint density at radius 2 is 0.583 bits per heavy atom. The van der Waals surface area contributed by atoms with Crippen molar-refractivity contribution in [1.82, 2.24) is 9.13 Å². The summed E-state index contributed by atoms with van der Waals surface area (Å²) < 4.78 is 41.8. The van der Waals surface area contributed by atoms with Crippen LogP contribution in [0, 0.1) is 0 Å². The Kier molecular flexibility index (Phi) is 26.0. The van der Waals surface area contributed by atoms with Gasteiger partial charge in [0.15, 0.2) is 0 Å². The van der Waals surface area contributed by atoms with Crippen LogP contribution in [0.5, 0.6) is 0 Å². The van der Waals surface area contributed by atoms with E-state index in [1.54, 1.807) is 0 Å². The molecular weight excluding hydrogens is 1720 g/mol. The molecule has 15 aromatic carbocycles. The maximum absolute atomic E-state index is 11.6. The molecule has 3 radical (unpaired) electrons. The van der Waals surface area contributed by atoms with E-state index in [2.05, 4.69) is 390 Å². The molecule has 597 valence electrons. The lowest BCUT2D eigenvalue weighted by atomic mass is 9.67. The fourth-order valence-corrected chi connectivity index (χ4v) is 19.3. The minimum absolute atomic E-state index is 0. The standard InChI is InChI=1S/C60H43Br2N.C22H21N.C19H13BrO.C4H10O.CH2Cl2.BF3.B/c1-58(2,3)38-26-30-45(31-27-38)63-56-32-28-41(59(39-14-12-16-43(61)34-39)52-22-8-4-18-46(52)47-19-5-9-23-53(47)59)36-50(56)51-37-42(29-33-57(51)63)60(40-15-13-17-44(62)35-40)54-24-10-6-20-48(54)49-21-7-11-25-55(49)60;1-22(2,3)16-12-14-17(15-13-16)23-20-10-6-4-8-18(20)19-9-5-7-11-21(19)23;20-14-7-5-6-13(12-14)19(21)17-10-3-1-8-15(17)16-9-2-4-11-18(16)19;1-3-5-4-2;2-1-3;2-1(3)4;/h4-37H,1-3H3;4-15H,1-3H3;1-12,21H;3-4H2,1-2H3;1H2;;. The molecule has 0 fully saturated rings. The van der Waals surface area contributed by atoms with Crippen molar-refractivity contribution < 1.29 is 22.8 Å². The Bertz CT molecular complexity index is 6160. The van der Waals surface area contributed by atoms with Crippen LogP contribution >= 0.6 is 71.0 Å². The molecule has 0 saturated heterocycles. The van der Waals surface area contributed by atoms with Crippen molar-refractivity contribution in [2.45, 2.75) is 82.7 Å². The topological polar surface area (TPSA) is 39.3 Å². The fourth-order valence-electron chi connectivity index (χ4n) is 18.1. The fraction of sp³-hybridized carbons (Fsp3) is 0.151. The summed E-state index contributed by atoms with van der Waals surface area (Å²) in [6, 6.07) is 128. The molecule has 0 unspecified atom stereocenters. The number of benzene rings is 15. The second kappa shape index (κ2) is 36.2. The summed E-state index contributed by atoms with van der Waals surface area (Å²) in [6.45, 7) is 19.3. The van der Waals surface area contributed by atoms with Gasteiger partial charge in [-0.1, -0.05) is 344 Å². The number of aromatic nitrogens is 2. The first-order valence-electron chi connectivity index (χ1n) is 40.0. The second-order valence-electron chi connectivity index (χ2n) is 31.9. The van der Waals surface area contributed by atoms with Crippen LogP contribution < -0.4 is 0 Å². The summed E-state index contributed by atoms with van der Waals surface area (Å²) in [5.41, 5.74) is 28.3. The molecule has 0 aliphatic heterocycles. The zero-order chi connectivity index (χ0) is 83.5. The first-order valence-corrected chi connectivity index (χ1v) is 43.5. The van der Waals surface area contributed by atoms with Crippen LogP contribution in [0.25, 0.3) is 88.4 Å². The van der Waals surface area contributed by atoms with E-state index < -0.39 is 24.0 Å². The highest BCUT2D eigenvalue weighted by Crippen LogP contribution is 2.60. The zero-order valence-corrected chi connectivity index (χ0v) is 74.3. The van der Waals surface area contributed by atoms with Crippen LogP contribution in [-0.2, 0) is 32.0 Å². The maximum Gasteiger partial charge on any atom is 0.762 e. The predicted molar refractivity (Wildman–Crippen MR) is 511 cm³/mol. The lowest BCUT2D eigenvalue weighted by Gasteiger charge is -2.34. The molecule has 0 amide bonds. The summed E-state index contributed by atoms with van der Waals surface area (Å²) in [6.07, 6.45) is 0. The summed E-state index contributed by atoms with van der Waals surface area (Å²) in [4.78, 5) is 0. The van der Waals surface area contributed by atoms with E-state index in [9.17, 15) is 18.1 Å². The number of hydrogen-bond donors (Lipinski definition) is 1. The number of ether oxygens (including phenoxy) is 1. The molecule has 0 saturated carbocycles. The lowest BCUT2D eigenvalue weighted by molar-refractivity contribution is 0.130. The molecule has 2 heterocycles. The third-order valence-electron chi connectivity index (χ3n) is 23.2. The first-order chi connectivity index (χ1) is 57.5. The highest BCUT2D eigenvalue weighted by atomic mass is 79.9. The van der Waals surface area contributed by atoms with Gasteiger partial charge < -0.3 is 19.0 Å². The SMILES string of the molecule is CC(C)(C)c1ccc(-n2c3ccc(C4(c5cccc(Br)c5)c5ccccc5-c5ccccc54)cc3c3cc(C4(c5cccc(Br)c5)c5ccccc5-c5ccccc54)ccc32)cc1.CC(C)(C)c1ccc(-n2c3ccccc3c3ccccc32)cc1.CCOCC.ClCCl.FB(F)F.OC1(c2cccc(Br)c2)c2ccccc2-c2ccccc21.[B]. The van der Waals surface area contributed by atoms with E-state index in [4.69, 9.17) is 27.9 Å². The van der Waals surface area contributed by atoms with Gasteiger partial charge in [0.05, 0.1) is 38.2 Å². The summed E-state index contributed by atoms with van der Waals surface area (Å²) >= 11 is 20.8. The Hall–Kier alpha value is -10.2. The predicted octanol–water partition coefficient (Wildman–Crippen LogP) is 30.1. The molecule has 1 N–H and O–H groups in total. The Morgan fingerprint density at radius 3 is 0.883 bits per heavy atom. The third-order valence-corrected chi connectivity index (χ3v) is 24.7. The van der Waals surface area contributed by atoms with Crippen molar-refractivity contribution in [3.05, 3.63) is 438 Å². The number of para-hydroxylation sites is 2. The zero-order valence-electron chi connectivity index (χ0n) is 68.0. The first kappa shape index (κ1) is 86.2. The number of rotatable bonds is 9. The minimum Gasteiger partial charge on any atom is -0.382 e. The number of nitrogens with zero attached hydrogens (tertiary/aromatic N) is 2. The van der Waals surface area contributed by atoms with Crippen LogP contribution in [0.3, 0.4) is 0 Å². The van der Waals surface area contributed by atoms with Crippen molar-refractivity contribution in [2.24, 2.45) is 0 Å². The Morgan fingerprint density at radius 1 is 0.325 bits per heavy atom. The minimum atomic E-state index is -3.67. The molecule has 4 nitrogen and oxygen atoms in total. The number of fused-ring (bicyclic) bond motifs is 15. The average molecular weight is 1810 g/mol. The molecular formula is C106H89B2Br3Cl2F3N2O2. The molecule has 20 rings (SSSR count). The highest BCUT2D eigenvalue weighted by Gasteiger charge is 2.49. The van der Waals surface area contributed by atoms with Gasteiger partial charge in [-0.05, 0) is 216 Å². The van der Waals surface area contributed by atoms with Gasteiger partial charge in [-0.25, -0.2) is 0 Å². The van der Waals surface area contributed by atoms with Crippen LogP contribution in [0.2, 0.25) is 0 Å². The van der Waals surface area contributed by atoms with E-state index in [0.717, 1.165) is 60.1 Å². The maximum atomic E-state index is 11.6. The number of hydrogen-bond acceptors (Lipinski definition) is 2. The molecule has 0 spiro atoms. The van der Waals surface area contributed by atoms with E-state index in [1.807, 2.05) is 74.5 Å². The van der Waals surface area contributed by atoms with Gasteiger partial charge in [0, 0.05) is 79.1 Å². The normalized spacial score (nSPS) is 13.1. The molecule has 3 aliphatic carbocycles. The van der Waals surface area contributed by atoms with Crippen molar-refractivity contribution in [3.63, 3.8) is 0 Å². The van der Waals surface area contributed by atoms with Crippen LogP contribution in [0.15, 0.2) is 365 Å². The largest absolute Gasteiger partial charge is 0.762 e. The Balaban J connectivity index is 0.000000167. The third kappa shape index (κ3) is 15.9. The van der Waals surface area contributed by atoms with Gasteiger partial charge in [-0.15, -0.1) is 23.2 Å². The van der Waals surface area contributed by atoms with Gasteiger partial charge in [-0.3, -0.25) is 12.9 Å². The molecule has 2 aromatic heterocycles. The second-order valence-corrected chi connectivity index (χ2v) is 35.5. The quantitative estimate of drug-likeness (QED) is 0.116. The van der Waals surface area contributed by atoms with E-state index >= 15 is 0 Å². The smallest absolute Gasteiger partial charge is 0.382 e. The van der Waals surface area contributed by atoms with Gasteiger partial charge >= 0.3 is 7.54 Å². The number of alkyl halides is 2. The summed E-state index contributed by atoms with van der Waals surface area (Å²) in [7, 11) is -3.67. The molecule has 17 aromatic rings. The van der Waals surface area contributed by atoms with Crippen molar-refractivity contribution in [3.8, 4) is 44.8 Å². The van der Waals surface area contributed by atoms with Crippen LogP contribution in [0.1, 0.15) is 128 Å². The molecule has 14 heteroatoms. The lowest BCUT2D eigenvalue weighted by Crippen LogP contribution is -2.28. The molecule has 120 heavy (non-hydrogen) atoms.